The van der Waals surface area contributed by atoms with Gasteiger partial charge in [-0.3, -0.25) is 19.8 Å². The van der Waals surface area contributed by atoms with E-state index in [1.807, 2.05) is 18.7 Å². The molecule has 21 heavy (non-hydrogen) atoms. The number of carbonyl (C=O) groups excluding carboxylic acids is 3. The first-order chi connectivity index (χ1) is 9.92. The summed E-state index contributed by atoms with van der Waals surface area (Å²) >= 11 is 0. The highest BCUT2D eigenvalue weighted by Gasteiger charge is 2.27. The van der Waals surface area contributed by atoms with E-state index in [-0.39, 0.29) is 30.4 Å². The number of urea groups is 1. The van der Waals surface area contributed by atoms with Crippen LogP contribution < -0.4 is 10.6 Å². The highest BCUT2D eigenvalue weighted by molar-refractivity contribution is 5.95. The van der Waals surface area contributed by atoms with Crippen molar-refractivity contribution in [2.24, 2.45) is 5.92 Å². The highest BCUT2D eigenvalue weighted by atomic mass is 16.5. The summed E-state index contributed by atoms with van der Waals surface area (Å²) in [5.41, 5.74) is 0. The molecule has 7 heteroatoms. The summed E-state index contributed by atoms with van der Waals surface area (Å²) in [5, 5.41) is 4.87. The van der Waals surface area contributed by atoms with Crippen molar-refractivity contribution in [1.29, 1.82) is 0 Å². The summed E-state index contributed by atoms with van der Waals surface area (Å²) in [4.78, 5) is 36.8. The molecule has 1 saturated heterocycles. The Balaban J connectivity index is 2.38. The van der Waals surface area contributed by atoms with Crippen LogP contribution in [0.4, 0.5) is 4.79 Å². The fourth-order valence-electron chi connectivity index (χ4n) is 2.32. The van der Waals surface area contributed by atoms with Crippen molar-refractivity contribution in [2.75, 3.05) is 26.2 Å². The summed E-state index contributed by atoms with van der Waals surface area (Å²) in [6.45, 7) is 7.14. The molecule has 120 valence electrons. The van der Waals surface area contributed by atoms with E-state index < -0.39 is 6.03 Å². The van der Waals surface area contributed by atoms with E-state index in [9.17, 15) is 14.4 Å². The van der Waals surface area contributed by atoms with Gasteiger partial charge in [0.05, 0.1) is 19.1 Å². The summed E-state index contributed by atoms with van der Waals surface area (Å²) in [7, 11) is 0. The van der Waals surface area contributed by atoms with Gasteiger partial charge >= 0.3 is 12.0 Å². The minimum Gasteiger partial charge on any atom is -0.466 e. The van der Waals surface area contributed by atoms with Gasteiger partial charge < -0.3 is 10.1 Å². The van der Waals surface area contributed by atoms with Crippen molar-refractivity contribution in [1.82, 2.24) is 15.5 Å². The van der Waals surface area contributed by atoms with Crippen molar-refractivity contribution < 1.29 is 19.1 Å². The van der Waals surface area contributed by atoms with E-state index in [1.165, 1.54) is 0 Å². The number of rotatable bonds is 5. The minimum absolute atomic E-state index is 0.0269. The van der Waals surface area contributed by atoms with E-state index in [0.29, 0.717) is 13.2 Å². The molecule has 3 amide bonds. The minimum atomic E-state index is -0.492. The molecular formula is C14H25N3O4. The zero-order valence-electron chi connectivity index (χ0n) is 13.0. The van der Waals surface area contributed by atoms with Crippen LogP contribution in [0, 0.1) is 5.92 Å². The summed E-state index contributed by atoms with van der Waals surface area (Å²) < 4.78 is 5.01. The zero-order valence-corrected chi connectivity index (χ0v) is 13.0. The molecule has 7 nitrogen and oxygen atoms in total. The molecular weight excluding hydrogens is 274 g/mol. The SMILES string of the molecule is CCOC(=O)C1CCCN(CC(=O)NC(=O)NC(C)C)C1. The number of carbonyl (C=O) groups is 3. The number of ether oxygens (including phenoxy) is 1. The molecule has 0 aromatic rings. The molecule has 0 aromatic carbocycles. The van der Waals surface area contributed by atoms with Gasteiger partial charge in [0.1, 0.15) is 0 Å². The van der Waals surface area contributed by atoms with Gasteiger partial charge in [-0.2, -0.15) is 0 Å². The van der Waals surface area contributed by atoms with Crippen LogP contribution in [0.3, 0.4) is 0 Å². The van der Waals surface area contributed by atoms with E-state index in [0.717, 1.165) is 19.4 Å². The van der Waals surface area contributed by atoms with Crippen LogP contribution >= 0.6 is 0 Å². The average Bonchev–Trinajstić information content (AvgIpc) is 2.37. The van der Waals surface area contributed by atoms with Gasteiger partial charge in [0, 0.05) is 12.6 Å². The van der Waals surface area contributed by atoms with Gasteiger partial charge in [-0.1, -0.05) is 0 Å². The van der Waals surface area contributed by atoms with Gasteiger partial charge in [-0.25, -0.2) is 4.79 Å². The molecule has 0 radical (unpaired) electrons. The van der Waals surface area contributed by atoms with Gasteiger partial charge in [0.15, 0.2) is 0 Å². The van der Waals surface area contributed by atoms with E-state index >= 15 is 0 Å². The molecule has 1 aliphatic heterocycles. The fraction of sp³-hybridized carbons (Fsp3) is 0.786. The Hall–Kier alpha value is -1.63. The summed E-state index contributed by atoms with van der Waals surface area (Å²) in [6.07, 6.45) is 1.62. The molecule has 0 bridgehead atoms. The van der Waals surface area contributed by atoms with Gasteiger partial charge in [-0.15, -0.1) is 0 Å². The van der Waals surface area contributed by atoms with Crippen molar-refractivity contribution in [3.8, 4) is 0 Å². The first kappa shape index (κ1) is 17.4. The Bertz CT molecular complexity index is 384. The van der Waals surface area contributed by atoms with Gasteiger partial charge in [0.2, 0.25) is 5.91 Å². The van der Waals surface area contributed by atoms with Crippen LogP contribution in [0.2, 0.25) is 0 Å². The molecule has 2 N–H and O–H groups in total. The number of amides is 3. The lowest BCUT2D eigenvalue weighted by atomic mass is 9.98. The maximum atomic E-state index is 11.8. The number of hydrogen-bond donors (Lipinski definition) is 2. The smallest absolute Gasteiger partial charge is 0.321 e. The third kappa shape index (κ3) is 6.57. The first-order valence-electron chi connectivity index (χ1n) is 7.41. The summed E-state index contributed by atoms with van der Waals surface area (Å²) in [5.74, 6) is -0.756. The molecule has 1 rings (SSSR count). The number of esters is 1. The van der Waals surface area contributed by atoms with Crippen molar-refractivity contribution >= 4 is 17.9 Å². The fourth-order valence-corrected chi connectivity index (χ4v) is 2.32. The number of imide groups is 1. The topological polar surface area (TPSA) is 87.7 Å². The molecule has 0 spiro atoms. The Morgan fingerprint density at radius 1 is 1.33 bits per heavy atom. The highest BCUT2D eigenvalue weighted by Crippen LogP contribution is 2.17. The van der Waals surface area contributed by atoms with Crippen LogP contribution in [-0.4, -0.2) is 55.1 Å². The maximum Gasteiger partial charge on any atom is 0.321 e. The van der Waals surface area contributed by atoms with Crippen molar-refractivity contribution in [3.63, 3.8) is 0 Å². The quantitative estimate of drug-likeness (QED) is 0.722. The van der Waals surface area contributed by atoms with E-state index in [2.05, 4.69) is 10.6 Å². The van der Waals surface area contributed by atoms with Crippen LogP contribution in [0.5, 0.6) is 0 Å². The van der Waals surface area contributed by atoms with Gasteiger partial charge in [0.25, 0.3) is 0 Å². The largest absolute Gasteiger partial charge is 0.466 e. The van der Waals surface area contributed by atoms with Crippen LogP contribution in [0.15, 0.2) is 0 Å². The molecule has 1 atom stereocenters. The lowest BCUT2D eigenvalue weighted by molar-refractivity contribution is -0.150. The van der Waals surface area contributed by atoms with E-state index in [4.69, 9.17) is 4.74 Å². The first-order valence-corrected chi connectivity index (χ1v) is 7.41. The molecule has 0 aliphatic carbocycles. The monoisotopic (exact) mass is 299 g/mol. The Morgan fingerprint density at radius 2 is 2.05 bits per heavy atom. The number of nitrogens with zero attached hydrogens (tertiary/aromatic N) is 1. The normalized spacial score (nSPS) is 19.1. The maximum absolute atomic E-state index is 11.8. The molecule has 1 heterocycles. The third-order valence-electron chi connectivity index (χ3n) is 3.17. The average molecular weight is 299 g/mol. The van der Waals surface area contributed by atoms with E-state index in [1.54, 1.807) is 6.92 Å². The van der Waals surface area contributed by atoms with Crippen LogP contribution in [0.25, 0.3) is 0 Å². The zero-order chi connectivity index (χ0) is 15.8. The number of nitrogens with one attached hydrogen (secondary N) is 2. The number of likely N-dealkylation sites (tertiary alicyclic amines) is 1. The van der Waals surface area contributed by atoms with Crippen molar-refractivity contribution in [3.05, 3.63) is 0 Å². The Labute approximate surface area is 125 Å². The Morgan fingerprint density at radius 3 is 2.67 bits per heavy atom. The third-order valence-corrected chi connectivity index (χ3v) is 3.17. The van der Waals surface area contributed by atoms with Gasteiger partial charge in [-0.05, 0) is 40.2 Å². The predicted octanol–water partition coefficient (Wildman–Crippen LogP) is 0.496. The second kappa shape index (κ2) is 8.61. The Kier molecular flexibility index (Phi) is 7.14. The lowest BCUT2D eigenvalue weighted by Gasteiger charge is -2.30. The molecule has 0 aromatic heterocycles. The summed E-state index contributed by atoms with van der Waals surface area (Å²) in [6, 6.07) is -0.519. The molecule has 0 saturated carbocycles. The second-order valence-corrected chi connectivity index (χ2v) is 5.50. The molecule has 1 unspecified atom stereocenters. The number of hydrogen-bond acceptors (Lipinski definition) is 5. The second-order valence-electron chi connectivity index (χ2n) is 5.50. The van der Waals surface area contributed by atoms with Crippen LogP contribution in [-0.2, 0) is 14.3 Å². The lowest BCUT2D eigenvalue weighted by Crippen LogP contribution is -2.48. The molecule has 1 fully saturated rings. The van der Waals surface area contributed by atoms with Crippen LogP contribution in [0.1, 0.15) is 33.6 Å². The predicted molar refractivity (Wildman–Crippen MR) is 77.6 cm³/mol. The molecule has 1 aliphatic rings. The number of piperidine rings is 1. The standard InChI is InChI=1S/C14H25N3O4/c1-4-21-13(19)11-6-5-7-17(8-11)9-12(18)16-14(20)15-10(2)3/h10-11H,4-9H2,1-3H3,(H2,15,16,18,20). The van der Waals surface area contributed by atoms with Crippen molar-refractivity contribution in [2.45, 2.75) is 39.7 Å².